The summed E-state index contributed by atoms with van der Waals surface area (Å²) in [5, 5.41) is 2.97. The predicted molar refractivity (Wildman–Crippen MR) is 90.8 cm³/mol. The second-order valence-corrected chi connectivity index (χ2v) is 5.94. The second-order valence-electron chi connectivity index (χ2n) is 5.94. The standard InChI is InChI=1S/C19H23N3O/c1-2-18-17-9-4-3-7-15(17)10-12-22(18)14-19(23)21-13-16-8-5-6-11-20-16/h3-9,11,18H,2,10,12-14H2,1H3,(H,21,23)/t18-/m1/s1. The van der Waals surface area contributed by atoms with Crippen LogP contribution in [-0.2, 0) is 17.8 Å². The molecular weight excluding hydrogens is 286 g/mol. The van der Waals surface area contributed by atoms with Crippen molar-refractivity contribution in [3.63, 3.8) is 0 Å². The van der Waals surface area contributed by atoms with Crippen molar-refractivity contribution in [3.05, 3.63) is 65.5 Å². The molecule has 1 aliphatic rings. The molecule has 120 valence electrons. The molecule has 1 atom stereocenters. The molecule has 0 saturated carbocycles. The van der Waals surface area contributed by atoms with Crippen LogP contribution in [0.15, 0.2) is 48.7 Å². The van der Waals surface area contributed by atoms with E-state index in [-0.39, 0.29) is 5.91 Å². The quantitative estimate of drug-likeness (QED) is 0.923. The van der Waals surface area contributed by atoms with Crippen LogP contribution in [0.3, 0.4) is 0 Å². The number of aromatic nitrogens is 1. The fourth-order valence-corrected chi connectivity index (χ4v) is 3.30. The predicted octanol–water partition coefficient (Wildman–Crippen LogP) is 2.71. The van der Waals surface area contributed by atoms with E-state index in [2.05, 4.69) is 46.4 Å². The summed E-state index contributed by atoms with van der Waals surface area (Å²) in [6.45, 7) is 4.05. The number of nitrogens with one attached hydrogen (secondary N) is 1. The topological polar surface area (TPSA) is 45.2 Å². The Morgan fingerprint density at radius 3 is 2.87 bits per heavy atom. The van der Waals surface area contributed by atoms with Gasteiger partial charge in [-0.2, -0.15) is 0 Å². The highest BCUT2D eigenvalue weighted by Gasteiger charge is 2.26. The van der Waals surface area contributed by atoms with E-state index in [1.807, 2.05) is 18.2 Å². The Kier molecular flexibility index (Phi) is 5.03. The lowest BCUT2D eigenvalue weighted by Crippen LogP contribution is -2.42. The lowest BCUT2D eigenvalue weighted by Gasteiger charge is -2.36. The summed E-state index contributed by atoms with van der Waals surface area (Å²) in [5.41, 5.74) is 3.68. The van der Waals surface area contributed by atoms with E-state index in [1.54, 1.807) is 6.20 Å². The number of rotatable bonds is 5. The Labute approximate surface area is 137 Å². The van der Waals surface area contributed by atoms with E-state index in [4.69, 9.17) is 0 Å². The number of amides is 1. The number of carbonyl (C=O) groups is 1. The number of hydrogen-bond donors (Lipinski definition) is 1. The fraction of sp³-hybridized carbons (Fsp3) is 0.368. The maximum absolute atomic E-state index is 12.3. The van der Waals surface area contributed by atoms with E-state index >= 15 is 0 Å². The molecule has 2 heterocycles. The Bertz CT molecular complexity index is 657. The summed E-state index contributed by atoms with van der Waals surface area (Å²) >= 11 is 0. The van der Waals surface area contributed by atoms with Crippen LogP contribution in [0.2, 0.25) is 0 Å². The van der Waals surface area contributed by atoms with Gasteiger partial charge in [0.15, 0.2) is 0 Å². The van der Waals surface area contributed by atoms with Crippen LogP contribution in [0.1, 0.15) is 36.2 Å². The highest BCUT2D eigenvalue weighted by molar-refractivity contribution is 5.78. The van der Waals surface area contributed by atoms with Crippen molar-refractivity contribution >= 4 is 5.91 Å². The molecule has 0 unspecified atom stereocenters. The van der Waals surface area contributed by atoms with Crippen LogP contribution >= 0.6 is 0 Å². The molecule has 0 radical (unpaired) electrons. The summed E-state index contributed by atoms with van der Waals surface area (Å²) in [6.07, 6.45) is 3.78. The highest BCUT2D eigenvalue weighted by atomic mass is 16.2. The Morgan fingerprint density at radius 2 is 2.09 bits per heavy atom. The number of benzene rings is 1. The summed E-state index contributed by atoms with van der Waals surface area (Å²) in [4.78, 5) is 18.8. The fourth-order valence-electron chi connectivity index (χ4n) is 3.30. The number of carbonyl (C=O) groups excluding carboxylic acids is 1. The second kappa shape index (κ2) is 7.38. The number of nitrogens with zero attached hydrogens (tertiary/aromatic N) is 2. The largest absolute Gasteiger partial charge is 0.349 e. The molecule has 0 spiro atoms. The van der Waals surface area contributed by atoms with Crippen molar-refractivity contribution in [1.29, 1.82) is 0 Å². The zero-order valence-electron chi connectivity index (χ0n) is 13.5. The molecule has 1 aliphatic heterocycles. The molecule has 1 aromatic carbocycles. The number of pyridine rings is 1. The Balaban J connectivity index is 1.60. The van der Waals surface area contributed by atoms with Crippen LogP contribution < -0.4 is 5.32 Å². The maximum atomic E-state index is 12.3. The molecule has 2 aromatic rings. The summed E-state index contributed by atoms with van der Waals surface area (Å²) in [7, 11) is 0. The molecule has 1 aromatic heterocycles. The average Bonchev–Trinajstić information content (AvgIpc) is 2.60. The minimum atomic E-state index is 0.0634. The summed E-state index contributed by atoms with van der Waals surface area (Å²) in [6, 6.07) is 14.7. The molecule has 4 heteroatoms. The first-order chi connectivity index (χ1) is 11.3. The van der Waals surface area contributed by atoms with Crippen molar-refractivity contribution < 1.29 is 4.79 Å². The molecule has 1 amide bonds. The van der Waals surface area contributed by atoms with Gasteiger partial charge in [0, 0.05) is 18.8 Å². The maximum Gasteiger partial charge on any atom is 0.234 e. The SMILES string of the molecule is CC[C@@H]1c2ccccc2CCN1CC(=O)NCc1ccccn1. The lowest BCUT2D eigenvalue weighted by atomic mass is 9.91. The van der Waals surface area contributed by atoms with Gasteiger partial charge in [0.2, 0.25) is 5.91 Å². The van der Waals surface area contributed by atoms with Crippen molar-refractivity contribution in [2.24, 2.45) is 0 Å². The molecule has 4 nitrogen and oxygen atoms in total. The van der Waals surface area contributed by atoms with Gasteiger partial charge in [0.1, 0.15) is 0 Å². The lowest BCUT2D eigenvalue weighted by molar-refractivity contribution is -0.123. The summed E-state index contributed by atoms with van der Waals surface area (Å²) < 4.78 is 0. The first-order valence-corrected chi connectivity index (χ1v) is 8.26. The number of hydrogen-bond acceptors (Lipinski definition) is 3. The van der Waals surface area contributed by atoms with Gasteiger partial charge < -0.3 is 5.32 Å². The van der Waals surface area contributed by atoms with Crippen molar-refractivity contribution in [1.82, 2.24) is 15.2 Å². The molecular formula is C19H23N3O. The zero-order valence-corrected chi connectivity index (χ0v) is 13.5. The smallest absolute Gasteiger partial charge is 0.234 e. The summed E-state index contributed by atoms with van der Waals surface area (Å²) in [5.74, 6) is 0.0634. The van der Waals surface area contributed by atoms with Gasteiger partial charge in [-0.25, -0.2) is 0 Å². The molecule has 0 aliphatic carbocycles. The first-order valence-electron chi connectivity index (χ1n) is 8.26. The monoisotopic (exact) mass is 309 g/mol. The van der Waals surface area contributed by atoms with Crippen LogP contribution in [-0.4, -0.2) is 28.9 Å². The van der Waals surface area contributed by atoms with E-state index in [9.17, 15) is 4.79 Å². The van der Waals surface area contributed by atoms with Crippen LogP contribution in [0.4, 0.5) is 0 Å². The van der Waals surface area contributed by atoms with E-state index < -0.39 is 0 Å². The van der Waals surface area contributed by atoms with E-state index in [0.717, 1.165) is 25.1 Å². The average molecular weight is 309 g/mol. The van der Waals surface area contributed by atoms with Gasteiger partial charge in [-0.3, -0.25) is 14.7 Å². The van der Waals surface area contributed by atoms with Crippen LogP contribution in [0.25, 0.3) is 0 Å². The molecule has 23 heavy (non-hydrogen) atoms. The first kappa shape index (κ1) is 15.7. The number of fused-ring (bicyclic) bond motifs is 1. The van der Waals surface area contributed by atoms with E-state index in [1.165, 1.54) is 11.1 Å². The Hall–Kier alpha value is -2.20. The van der Waals surface area contributed by atoms with Gasteiger partial charge in [-0.05, 0) is 36.1 Å². The minimum Gasteiger partial charge on any atom is -0.349 e. The highest BCUT2D eigenvalue weighted by Crippen LogP contribution is 2.31. The third-order valence-corrected chi connectivity index (χ3v) is 4.45. The molecule has 0 saturated heterocycles. The van der Waals surface area contributed by atoms with Gasteiger partial charge >= 0.3 is 0 Å². The third kappa shape index (κ3) is 3.77. The third-order valence-electron chi connectivity index (χ3n) is 4.45. The zero-order chi connectivity index (χ0) is 16.1. The molecule has 0 bridgehead atoms. The minimum absolute atomic E-state index is 0.0634. The van der Waals surface area contributed by atoms with Crippen LogP contribution in [0.5, 0.6) is 0 Å². The van der Waals surface area contributed by atoms with Crippen LogP contribution in [0, 0.1) is 0 Å². The van der Waals surface area contributed by atoms with Gasteiger partial charge in [-0.1, -0.05) is 37.3 Å². The van der Waals surface area contributed by atoms with Gasteiger partial charge in [0.05, 0.1) is 18.8 Å². The van der Waals surface area contributed by atoms with Crippen molar-refractivity contribution in [2.45, 2.75) is 32.4 Å². The normalized spacial score (nSPS) is 17.5. The molecule has 1 N–H and O–H groups in total. The van der Waals surface area contributed by atoms with Crippen molar-refractivity contribution in [2.75, 3.05) is 13.1 Å². The van der Waals surface area contributed by atoms with Gasteiger partial charge in [0.25, 0.3) is 0 Å². The molecule has 0 fully saturated rings. The molecule has 3 rings (SSSR count). The van der Waals surface area contributed by atoms with E-state index in [0.29, 0.717) is 19.1 Å². The Morgan fingerprint density at radius 1 is 1.26 bits per heavy atom. The van der Waals surface area contributed by atoms with Crippen molar-refractivity contribution in [3.8, 4) is 0 Å². The van der Waals surface area contributed by atoms with Gasteiger partial charge in [-0.15, -0.1) is 0 Å².